The van der Waals surface area contributed by atoms with E-state index in [1.807, 2.05) is 6.07 Å². The molecule has 0 spiro atoms. The summed E-state index contributed by atoms with van der Waals surface area (Å²) in [5.74, 6) is 1.11. The fourth-order valence-electron chi connectivity index (χ4n) is 6.61. The predicted octanol–water partition coefficient (Wildman–Crippen LogP) is 3.56. The average molecular weight is 377 g/mol. The molecular weight excluding hydrogens is 350 g/mol. The first kappa shape index (κ1) is 17.7. The largest absolute Gasteiger partial charge is 0.496 e. The Labute approximate surface area is 166 Å². The maximum atomic E-state index is 13.3. The van der Waals surface area contributed by atoms with Crippen LogP contribution in [0.3, 0.4) is 0 Å². The molecule has 2 bridgehead atoms. The molecule has 6 rings (SSSR count). The van der Waals surface area contributed by atoms with Crippen molar-refractivity contribution in [2.45, 2.75) is 31.1 Å². The standard InChI is InChI=1S/C24H27NO3/c1-15-7-9-16(10-8-15)23-12-11-18(21-17(23)5-4-6-19(21)27-2)24(22(26)28-3)14-25-13-20(23)24/h4-10,18,20,25H,11-14H2,1-3H3. The fourth-order valence-corrected chi connectivity index (χ4v) is 6.61. The van der Waals surface area contributed by atoms with Crippen molar-refractivity contribution in [2.75, 3.05) is 27.3 Å². The number of hydrogen-bond acceptors (Lipinski definition) is 4. The van der Waals surface area contributed by atoms with Crippen molar-refractivity contribution >= 4 is 5.97 Å². The molecule has 1 N–H and O–H groups in total. The Balaban J connectivity index is 1.85. The zero-order valence-electron chi connectivity index (χ0n) is 16.7. The van der Waals surface area contributed by atoms with E-state index in [0.717, 1.165) is 25.1 Å². The summed E-state index contributed by atoms with van der Waals surface area (Å²) < 4.78 is 11.2. The lowest BCUT2D eigenvalue weighted by Crippen LogP contribution is -2.60. The minimum absolute atomic E-state index is 0.0831. The number of hydrogen-bond donors (Lipinski definition) is 1. The molecule has 4 unspecified atom stereocenters. The highest BCUT2D eigenvalue weighted by Gasteiger charge is 2.69. The van der Waals surface area contributed by atoms with Gasteiger partial charge in [0.1, 0.15) is 5.75 Å². The van der Waals surface area contributed by atoms with Crippen LogP contribution < -0.4 is 10.1 Å². The van der Waals surface area contributed by atoms with E-state index in [0.29, 0.717) is 6.54 Å². The molecule has 2 fully saturated rings. The zero-order valence-corrected chi connectivity index (χ0v) is 16.7. The molecule has 1 saturated heterocycles. The van der Waals surface area contributed by atoms with Crippen LogP contribution in [0.4, 0.5) is 0 Å². The van der Waals surface area contributed by atoms with E-state index in [4.69, 9.17) is 9.47 Å². The van der Waals surface area contributed by atoms with E-state index in [2.05, 4.69) is 48.6 Å². The van der Waals surface area contributed by atoms with Crippen molar-refractivity contribution < 1.29 is 14.3 Å². The first-order chi connectivity index (χ1) is 13.6. The van der Waals surface area contributed by atoms with Gasteiger partial charge in [-0.05, 0) is 37.0 Å². The number of methoxy groups -OCH3 is 2. The number of carbonyl (C=O) groups is 1. The smallest absolute Gasteiger partial charge is 0.314 e. The van der Waals surface area contributed by atoms with E-state index in [-0.39, 0.29) is 23.2 Å². The highest BCUT2D eigenvalue weighted by Crippen LogP contribution is 2.69. The van der Waals surface area contributed by atoms with E-state index in [1.165, 1.54) is 29.4 Å². The first-order valence-corrected chi connectivity index (χ1v) is 10.1. The molecule has 0 amide bonds. The lowest BCUT2D eigenvalue weighted by molar-refractivity contribution is -0.161. The van der Waals surface area contributed by atoms with Gasteiger partial charge in [0.25, 0.3) is 0 Å². The Morgan fingerprint density at radius 1 is 1.14 bits per heavy atom. The Bertz CT molecular complexity index is 937. The number of esters is 1. The van der Waals surface area contributed by atoms with Crippen molar-refractivity contribution in [3.05, 3.63) is 64.7 Å². The molecule has 2 aromatic carbocycles. The Hall–Kier alpha value is -2.33. The third-order valence-corrected chi connectivity index (χ3v) is 7.68. The molecular formula is C24H27NO3. The van der Waals surface area contributed by atoms with E-state index in [9.17, 15) is 4.79 Å². The second-order valence-corrected chi connectivity index (χ2v) is 8.57. The van der Waals surface area contributed by atoms with Crippen LogP contribution in [0.15, 0.2) is 42.5 Å². The van der Waals surface area contributed by atoms with Crippen molar-refractivity contribution in [1.82, 2.24) is 5.32 Å². The summed E-state index contributed by atoms with van der Waals surface area (Å²) in [4.78, 5) is 13.3. The normalized spacial score (nSPS) is 32.5. The lowest BCUT2D eigenvalue weighted by atomic mass is 9.42. The molecule has 3 aliphatic carbocycles. The number of benzene rings is 2. The molecule has 0 radical (unpaired) electrons. The molecule has 4 aliphatic rings. The number of aryl methyl sites for hydroxylation is 1. The molecule has 1 saturated carbocycles. The Morgan fingerprint density at radius 3 is 2.64 bits per heavy atom. The molecule has 1 heterocycles. The first-order valence-electron chi connectivity index (χ1n) is 10.1. The van der Waals surface area contributed by atoms with Gasteiger partial charge in [0.05, 0.1) is 19.6 Å². The number of carbonyl (C=O) groups excluding carboxylic acids is 1. The van der Waals surface area contributed by atoms with Crippen molar-refractivity contribution in [1.29, 1.82) is 0 Å². The third-order valence-electron chi connectivity index (χ3n) is 7.68. The fraction of sp³-hybridized carbons (Fsp3) is 0.458. The van der Waals surface area contributed by atoms with Gasteiger partial charge in [-0.2, -0.15) is 0 Å². The van der Waals surface area contributed by atoms with E-state index in [1.54, 1.807) is 7.11 Å². The van der Waals surface area contributed by atoms with Crippen LogP contribution >= 0.6 is 0 Å². The van der Waals surface area contributed by atoms with Crippen LogP contribution in [0, 0.1) is 18.3 Å². The van der Waals surface area contributed by atoms with Crippen LogP contribution in [-0.2, 0) is 14.9 Å². The van der Waals surface area contributed by atoms with E-state index < -0.39 is 5.41 Å². The molecule has 2 aromatic rings. The molecule has 1 aliphatic heterocycles. The molecule has 4 heteroatoms. The van der Waals surface area contributed by atoms with Gasteiger partial charge in [-0.1, -0.05) is 42.0 Å². The maximum absolute atomic E-state index is 13.3. The Kier molecular flexibility index (Phi) is 3.86. The quantitative estimate of drug-likeness (QED) is 0.831. The zero-order chi connectivity index (χ0) is 19.5. The highest BCUT2D eigenvalue weighted by atomic mass is 16.5. The summed E-state index contributed by atoms with van der Waals surface area (Å²) in [5.41, 5.74) is 4.35. The second-order valence-electron chi connectivity index (χ2n) is 8.57. The number of nitrogens with one attached hydrogen (secondary N) is 1. The van der Waals surface area contributed by atoms with Gasteiger partial charge >= 0.3 is 5.97 Å². The second kappa shape index (κ2) is 6.08. The van der Waals surface area contributed by atoms with Crippen molar-refractivity contribution in [3.63, 3.8) is 0 Å². The highest BCUT2D eigenvalue weighted by molar-refractivity contribution is 5.82. The van der Waals surface area contributed by atoms with Crippen LogP contribution in [0.1, 0.15) is 41.0 Å². The number of fused-ring (bicyclic) bond motifs is 1. The molecule has 28 heavy (non-hydrogen) atoms. The molecule has 4 nitrogen and oxygen atoms in total. The van der Waals surface area contributed by atoms with Crippen LogP contribution in [0.5, 0.6) is 5.75 Å². The molecule has 0 aromatic heterocycles. The summed E-state index contributed by atoms with van der Waals surface area (Å²) in [7, 11) is 3.25. The number of rotatable bonds is 3. The van der Waals surface area contributed by atoms with Gasteiger partial charge in [-0.3, -0.25) is 4.79 Å². The summed E-state index contributed by atoms with van der Waals surface area (Å²) in [6.45, 7) is 3.61. The summed E-state index contributed by atoms with van der Waals surface area (Å²) >= 11 is 0. The van der Waals surface area contributed by atoms with Gasteiger partial charge in [0, 0.05) is 35.9 Å². The van der Waals surface area contributed by atoms with Crippen LogP contribution in [-0.4, -0.2) is 33.3 Å². The molecule has 4 atom stereocenters. The van der Waals surface area contributed by atoms with Crippen LogP contribution in [0.2, 0.25) is 0 Å². The van der Waals surface area contributed by atoms with E-state index >= 15 is 0 Å². The van der Waals surface area contributed by atoms with Gasteiger partial charge in [-0.25, -0.2) is 0 Å². The van der Waals surface area contributed by atoms with Crippen molar-refractivity contribution in [3.8, 4) is 5.75 Å². The van der Waals surface area contributed by atoms with Gasteiger partial charge in [0.2, 0.25) is 0 Å². The summed E-state index contributed by atoms with van der Waals surface area (Å²) in [5, 5.41) is 3.56. The van der Waals surface area contributed by atoms with Gasteiger partial charge in [0.15, 0.2) is 0 Å². The monoisotopic (exact) mass is 377 g/mol. The van der Waals surface area contributed by atoms with Gasteiger partial charge < -0.3 is 14.8 Å². The lowest BCUT2D eigenvalue weighted by Gasteiger charge is -2.59. The number of ether oxygens (including phenoxy) is 2. The molecule has 146 valence electrons. The third kappa shape index (κ3) is 1.97. The Morgan fingerprint density at radius 2 is 1.93 bits per heavy atom. The minimum Gasteiger partial charge on any atom is -0.496 e. The predicted molar refractivity (Wildman–Crippen MR) is 108 cm³/mol. The SMILES string of the molecule is COC(=O)C12CNCC1C1(c3ccc(C)cc3)CCC2c2c(OC)cccc21. The maximum Gasteiger partial charge on any atom is 0.314 e. The summed E-state index contributed by atoms with van der Waals surface area (Å²) in [6.07, 6.45) is 2.01. The average Bonchev–Trinajstić information content (AvgIpc) is 3.21. The van der Waals surface area contributed by atoms with Crippen molar-refractivity contribution in [2.24, 2.45) is 11.3 Å². The van der Waals surface area contributed by atoms with Gasteiger partial charge in [-0.15, -0.1) is 0 Å². The van der Waals surface area contributed by atoms with Crippen LogP contribution in [0.25, 0.3) is 0 Å². The topological polar surface area (TPSA) is 47.6 Å². The minimum atomic E-state index is -0.542. The summed E-state index contributed by atoms with van der Waals surface area (Å²) in [6, 6.07) is 15.3.